The van der Waals surface area contributed by atoms with Gasteiger partial charge in [-0.15, -0.1) is 0 Å². The Morgan fingerprint density at radius 1 is 1.20 bits per heavy atom. The second kappa shape index (κ2) is 8.72. The minimum absolute atomic E-state index is 0.0491. The first-order valence-electron chi connectivity index (χ1n) is 7.17. The number of ether oxygens (including phenoxy) is 2. The number of benzene rings is 1. The molecule has 4 nitrogen and oxygen atoms in total. The van der Waals surface area contributed by atoms with E-state index in [1.165, 1.54) is 5.56 Å². The number of hydrogen-bond donors (Lipinski definition) is 1. The zero-order chi connectivity index (χ0) is 15.0. The molecule has 0 aliphatic carbocycles. The normalized spacial score (nSPS) is 13.8. The summed E-state index contributed by atoms with van der Waals surface area (Å²) in [7, 11) is 0. The molecule has 0 aliphatic heterocycles. The van der Waals surface area contributed by atoms with Gasteiger partial charge in [0, 0.05) is 0 Å². The first-order valence-corrected chi connectivity index (χ1v) is 7.17. The molecule has 0 fully saturated rings. The zero-order valence-electron chi connectivity index (χ0n) is 12.6. The number of esters is 1. The standard InChI is InChI=1S/C16H25NO3/c1-4-12(3)13-6-8-14(9-7-13)15(17)10-19-11-16(18)20-5-2/h6-9,12,15H,4-5,10-11,17H2,1-3H3. The Morgan fingerprint density at radius 2 is 1.80 bits per heavy atom. The van der Waals surface area contributed by atoms with E-state index >= 15 is 0 Å². The maximum absolute atomic E-state index is 11.1. The average molecular weight is 279 g/mol. The van der Waals surface area contributed by atoms with Crippen LogP contribution in [0.25, 0.3) is 0 Å². The summed E-state index contributed by atoms with van der Waals surface area (Å²) in [6, 6.07) is 8.04. The molecule has 1 rings (SSSR count). The highest BCUT2D eigenvalue weighted by Crippen LogP contribution is 2.20. The van der Waals surface area contributed by atoms with Crippen LogP contribution in [0.2, 0.25) is 0 Å². The first-order chi connectivity index (χ1) is 9.58. The summed E-state index contributed by atoms with van der Waals surface area (Å²) >= 11 is 0. The summed E-state index contributed by atoms with van der Waals surface area (Å²) in [5.74, 6) is 0.201. The third-order valence-corrected chi connectivity index (χ3v) is 3.37. The lowest BCUT2D eigenvalue weighted by molar-refractivity contribution is -0.148. The van der Waals surface area contributed by atoms with Crippen LogP contribution in [0.3, 0.4) is 0 Å². The van der Waals surface area contributed by atoms with E-state index < -0.39 is 0 Å². The molecule has 0 amide bonds. The number of carbonyl (C=O) groups is 1. The van der Waals surface area contributed by atoms with Crippen molar-refractivity contribution in [3.05, 3.63) is 35.4 Å². The molecular weight excluding hydrogens is 254 g/mol. The Labute approximate surface area is 121 Å². The van der Waals surface area contributed by atoms with Crippen molar-refractivity contribution in [2.24, 2.45) is 5.73 Å². The molecule has 20 heavy (non-hydrogen) atoms. The second-order valence-electron chi connectivity index (χ2n) is 4.90. The predicted molar refractivity (Wildman–Crippen MR) is 79.5 cm³/mol. The van der Waals surface area contributed by atoms with Gasteiger partial charge in [0.05, 0.1) is 19.3 Å². The quantitative estimate of drug-likeness (QED) is 0.743. The molecule has 0 aromatic heterocycles. The molecule has 2 N–H and O–H groups in total. The van der Waals surface area contributed by atoms with Crippen molar-refractivity contribution >= 4 is 5.97 Å². The molecule has 4 heteroatoms. The lowest BCUT2D eigenvalue weighted by atomic mass is 9.96. The van der Waals surface area contributed by atoms with Crippen LogP contribution in [-0.2, 0) is 14.3 Å². The number of nitrogens with two attached hydrogens (primary N) is 1. The Balaban J connectivity index is 2.43. The molecular formula is C16H25NO3. The lowest BCUT2D eigenvalue weighted by Gasteiger charge is -2.14. The molecule has 2 atom stereocenters. The fraction of sp³-hybridized carbons (Fsp3) is 0.562. The largest absolute Gasteiger partial charge is 0.464 e. The number of hydrogen-bond acceptors (Lipinski definition) is 4. The van der Waals surface area contributed by atoms with Gasteiger partial charge in [0.25, 0.3) is 0 Å². The van der Waals surface area contributed by atoms with Crippen molar-refractivity contribution in [2.75, 3.05) is 19.8 Å². The highest BCUT2D eigenvalue weighted by Gasteiger charge is 2.09. The van der Waals surface area contributed by atoms with Crippen molar-refractivity contribution in [1.82, 2.24) is 0 Å². The third kappa shape index (κ3) is 5.31. The molecule has 1 aromatic rings. The van der Waals surface area contributed by atoms with Crippen LogP contribution in [-0.4, -0.2) is 25.8 Å². The monoisotopic (exact) mass is 279 g/mol. The molecule has 1 aromatic carbocycles. The van der Waals surface area contributed by atoms with Crippen LogP contribution in [0.5, 0.6) is 0 Å². The van der Waals surface area contributed by atoms with E-state index in [-0.39, 0.29) is 18.6 Å². The molecule has 0 saturated carbocycles. The zero-order valence-corrected chi connectivity index (χ0v) is 12.6. The SMILES string of the molecule is CCOC(=O)COCC(N)c1ccc(C(C)CC)cc1. The van der Waals surface area contributed by atoms with Gasteiger partial charge in [0.15, 0.2) is 0 Å². The van der Waals surface area contributed by atoms with Gasteiger partial charge >= 0.3 is 5.97 Å². The van der Waals surface area contributed by atoms with Crippen molar-refractivity contribution in [3.8, 4) is 0 Å². The van der Waals surface area contributed by atoms with Crippen LogP contribution < -0.4 is 5.73 Å². The Morgan fingerprint density at radius 3 is 2.35 bits per heavy atom. The number of rotatable bonds is 8. The molecule has 0 radical (unpaired) electrons. The molecule has 0 heterocycles. The van der Waals surface area contributed by atoms with Gasteiger partial charge in [-0.3, -0.25) is 0 Å². The minimum atomic E-state index is -0.355. The summed E-state index contributed by atoms with van der Waals surface area (Å²) in [4.78, 5) is 11.1. The summed E-state index contributed by atoms with van der Waals surface area (Å²) in [6.45, 7) is 6.77. The van der Waals surface area contributed by atoms with E-state index in [4.69, 9.17) is 15.2 Å². The molecule has 0 saturated heterocycles. The van der Waals surface area contributed by atoms with E-state index in [1.807, 2.05) is 12.1 Å². The highest BCUT2D eigenvalue weighted by atomic mass is 16.6. The van der Waals surface area contributed by atoms with Crippen LogP contribution in [0.4, 0.5) is 0 Å². The molecule has 0 aliphatic rings. The molecule has 2 unspecified atom stereocenters. The minimum Gasteiger partial charge on any atom is -0.464 e. The van der Waals surface area contributed by atoms with Gasteiger partial charge in [-0.05, 0) is 30.4 Å². The fourth-order valence-corrected chi connectivity index (χ4v) is 1.88. The van der Waals surface area contributed by atoms with Crippen molar-refractivity contribution in [3.63, 3.8) is 0 Å². The van der Waals surface area contributed by atoms with Gasteiger partial charge in [0.1, 0.15) is 6.61 Å². The fourth-order valence-electron chi connectivity index (χ4n) is 1.88. The van der Waals surface area contributed by atoms with Gasteiger partial charge in [-0.25, -0.2) is 4.79 Å². The van der Waals surface area contributed by atoms with Crippen LogP contribution in [0.1, 0.15) is 50.3 Å². The van der Waals surface area contributed by atoms with Crippen LogP contribution >= 0.6 is 0 Å². The highest BCUT2D eigenvalue weighted by molar-refractivity contribution is 5.70. The van der Waals surface area contributed by atoms with E-state index in [0.29, 0.717) is 19.1 Å². The van der Waals surface area contributed by atoms with Gasteiger partial charge in [-0.2, -0.15) is 0 Å². The maximum Gasteiger partial charge on any atom is 0.332 e. The van der Waals surface area contributed by atoms with Crippen molar-refractivity contribution < 1.29 is 14.3 Å². The Bertz CT molecular complexity index is 403. The van der Waals surface area contributed by atoms with Crippen molar-refractivity contribution in [1.29, 1.82) is 0 Å². The first kappa shape index (κ1) is 16.7. The van der Waals surface area contributed by atoms with Gasteiger partial charge in [-0.1, -0.05) is 38.1 Å². The molecule has 112 valence electrons. The number of carbonyl (C=O) groups excluding carboxylic acids is 1. The smallest absolute Gasteiger partial charge is 0.332 e. The summed E-state index contributed by atoms with van der Waals surface area (Å²) in [5.41, 5.74) is 8.37. The van der Waals surface area contributed by atoms with E-state index in [2.05, 4.69) is 26.0 Å². The summed E-state index contributed by atoms with van der Waals surface area (Å²) < 4.78 is 10.0. The Kier molecular flexibility index (Phi) is 7.26. The average Bonchev–Trinajstić information content (AvgIpc) is 2.46. The predicted octanol–water partition coefficient (Wildman–Crippen LogP) is 2.78. The van der Waals surface area contributed by atoms with Crippen molar-refractivity contribution in [2.45, 2.75) is 39.2 Å². The molecule has 0 bridgehead atoms. The maximum atomic E-state index is 11.1. The summed E-state index contributed by atoms with van der Waals surface area (Å²) in [5, 5.41) is 0. The lowest BCUT2D eigenvalue weighted by Crippen LogP contribution is -2.20. The summed E-state index contributed by atoms with van der Waals surface area (Å²) in [6.07, 6.45) is 1.12. The molecule has 0 spiro atoms. The Hall–Kier alpha value is -1.39. The van der Waals surface area contributed by atoms with E-state index in [9.17, 15) is 4.79 Å². The second-order valence-corrected chi connectivity index (χ2v) is 4.90. The third-order valence-electron chi connectivity index (χ3n) is 3.37. The van der Waals surface area contributed by atoms with E-state index in [0.717, 1.165) is 12.0 Å². The van der Waals surface area contributed by atoms with E-state index in [1.54, 1.807) is 6.92 Å². The van der Waals surface area contributed by atoms with Crippen LogP contribution in [0.15, 0.2) is 24.3 Å². The topological polar surface area (TPSA) is 61.5 Å². The van der Waals surface area contributed by atoms with Gasteiger partial charge in [0.2, 0.25) is 0 Å². The van der Waals surface area contributed by atoms with Gasteiger partial charge < -0.3 is 15.2 Å². The van der Waals surface area contributed by atoms with Crippen LogP contribution in [0, 0.1) is 0 Å².